The molecule has 94 valence electrons. The number of para-hydroxylation sites is 1. The number of rotatable bonds is 4. The zero-order chi connectivity index (χ0) is 12.1. The van der Waals surface area contributed by atoms with E-state index in [1.807, 2.05) is 13.0 Å². The zero-order valence-electron chi connectivity index (χ0n) is 9.72. The molecular weight excluding hydrogens is 254 g/mol. The highest BCUT2D eigenvalue weighted by Gasteiger charge is 2.08. The normalized spacial score (nSPS) is 11.1. The molecule has 0 aliphatic heterocycles. The second-order valence-corrected chi connectivity index (χ2v) is 3.57. The van der Waals surface area contributed by atoms with Gasteiger partial charge in [0.15, 0.2) is 0 Å². The van der Waals surface area contributed by atoms with Crippen molar-refractivity contribution in [1.82, 2.24) is 20.2 Å². The second-order valence-electron chi connectivity index (χ2n) is 3.57. The lowest BCUT2D eigenvalue weighted by molar-refractivity contribution is 0.192. The Kier molecular flexibility index (Phi) is 5.08. The smallest absolute Gasteiger partial charge is 0.138 e. The van der Waals surface area contributed by atoms with Crippen molar-refractivity contribution in [3.05, 3.63) is 36.2 Å². The maximum Gasteiger partial charge on any atom is 0.138 e. The Morgan fingerprint density at radius 1 is 1.44 bits per heavy atom. The third kappa shape index (κ3) is 3.43. The van der Waals surface area contributed by atoms with Gasteiger partial charge in [-0.3, -0.25) is 0 Å². The quantitative estimate of drug-likeness (QED) is 0.836. The van der Waals surface area contributed by atoms with E-state index in [1.54, 1.807) is 22.9 Å². The number of hydrogen-bond donors (Lipinski definition) is 0. The van der Waals surface area contributed by atoms with Crippen LogP contribution in [-0.4, -0.2) is 26.3 Å². The molecule has 2 rings (SSSR count). The van der Waals surface area contributed by atoms with Gasteiger partial charge < -0.3 is 4.74 Å². The van der Waals surface area contributed by atoms with E-state index < -0.39 is 0 Å². The molecule has 0 aliphatic carbocycles. The molecule has 1 atom stereocenters. The van der Waals surface area contributed by atoms with Gasteiger partial charge >= 0.3 is 0 Å². The third-order valence-corrected chi connectivity index (χ3v) is 2.17. The summed E-state index contributed by atoms with van der Waals surface area (Å²) in [5, 5.41) is 19.8. The molecule has 0 saturated heterocycles. The number of nitrogens with zero attached hydrogens (tertiary/aromatic N) is 5. The fourth-order valence-corrected chi connectivity index (χ4v) is 1.44. The summed E-state index contributed by atoms with van der Waals surface area (Å²) in [4.78, 5) is 0. The monoisotopic (exact) mass is 265 g/mol. The van der Waals surface area contributed by atoms with Crippen LogP contribution in [-0.2, 0) is 6.54 Å². The molecule has 0 spiro atoms. The zero-order valence-corrected chi connectivity index (χ0v) is 10.5. The summed E-state index contributed by atoms with van der Waals surface area (Å²) < 4.78 is 7.25. The number of ether oxygens (including phenoxy) is 1. The number of benzene rings is 1. The van der Waals surface area contributed by atoms with Crippen molar-refractivity contribution in [3.63, 3.8) is 0 Å². The van der Waals surface area contributed by atoms with Crippen LogP contribution in [0.3, 0.4) is 0 Å². The summed E-state index contributed by atoms with van der Waals surface area (Å²) in [5.74, 6) is 0.579. The maximum absolute atomic E-state index is 8.92. The van der Waals surface area contributed by atoms with E-state index in [1.165, 1.54) is 6.33 Å². The molecule has 18 heavy (non-hydrogen) atoms. The van der Waals surface area contributed by atoms with Crippen LogP contribution in [0, 0.1) is 11.3 Å². The average Bonchev–Trinajstić information content (AvgIpc) is 2.82. The average molecular weight is 266 g/mol. The predicted octanol–water partition coefficient (Wildman–Crippen LogP) is 1.43. The molecule has 0 amide bonds. The van der Waals surface area contributed by atoms with Crippen LogP contribution in [0.25, 0.3) is 0 Å². The summed E-state index contributed by atoms with van der Waals surface area (Å²) in [6.07, 6.45) is 1.41. The Labute approximate surface area is 111 Å². The molecule has 0 radical (unpaired) electrons. The lowest BCUT2D eigenvalue weighted by Gasteiger charge is -2.14. The van der Waals surface area contributed by atoms with Crippen molar-refractivity contribution in [3.8, 4) is 11.8 Å². The van der Waals surface area contributed by atoms with Gasteiger partial charge in [-0.25, -0.2) is 4.68 Å². The minimum Gasteiger partial charge on any atom is -0.487 e. The van der Waals surface area contributed by atoms with Crippen LogP contribution >= 0.6 is 12.4 Å². The highest BCUT2D eigenvalue weighted by atomic mass is 35.5. The lowest BCUT2D eigenvalue weighted by Crippen LogP contribution is -2.20. The first-order valence-electron chi connectivity index (χ1n) is 5.16. The SMILES string of the molecule is C[C@@H](Cn1cnnn1)Oc1ccccc1C#N.Cl. The summed E-state index contributed by atoms with van der Waals surface area (Å²) in [6, 6.07) is 9.22. The highest BCUT2D eigenvalue weighted by molar-refractivity contribution is 5.85. The number of nitriles is 1. The Hall–Kier alpha value is -2.13. The van der Waals surface area contributed by atoms with E-state index in [4.69, 9.17) is 10.00 Å². The van der Waals surface area contributed by atoms with Crippen LogP contribution < -0.4 is 4.74 Å². The minimum atomic E-state index is -0.118. The molecule has 0 bridgehead atoms. The van der Waals surface area contributed by atoms with Crippen molar-refractivity contribution in [2.24, 2.45) is 0 Å². The van der Waals surface area contributed by atoms with Gasteiger partial charge in [0.2, 0.25) is 0 Å². The molecule has 0 N–H and O–H groups in total. The molecule has 0 fully saturated rings. The number of hydrogen-bond acceptors (Lipinski definition) is 5. The van der Waals surface area contributed by atoms with Gasteiger partial charge in [0, 0.05) is 0 Å². The summed E-state index contributed by atoms with van der Waals surface area (Å²) in [5.41, 5.74) is 0.524. The van der Waals surface area contributed by atoms with E-state index in [2.05, 4.69) is 21.6 Å². The Bertz CT molecular complexity index is 522. The first-order chi connectivity index (χ1) is 8.29. The molecule has 6 nitrogen and oxygen atoms in total. The number of aromatic nitrogens is 4. The van der Waals surface area contributed by atoms with Gasteiger partial charge in [-0.2, -0.15) is 5.26 Å². The minimum absolute atomic E-state index is 0. The Balaban J connectivity index is 0.00000162. The molecule has 1 heterocycles. The first-order valence-corrected chi connectivity index (χ1v) is 5.16. The fourth-order valence-electron chi connectivity index (χ4n) is 1.44. The van der Waals surface area contributed by atoms with Gasteiger partial charge in [0.25, 0.3) is 0 Å². The number of halogens is 1. The summed E-state index contributed by atoms with van der Waals surface area (Å²) in [7, 11) is 0. The van der Waals surface area contributed by atoms with E-state index in [9.17, 15) is 0 Å². The van der Waals surface area contributed by atoms with Crippen LogP contribution in [0.5, 0.6) is 5.75 Å². The molecule has 2 aromatic rings. The molecule has 0 aliphatic rings. The topological polar surface area (TPSA) is 76.6 Å². The Morgan fingerprint density at radius 2 is 2.22 bits per heavy atom. The largest absolute Gasteiger partial charge is 0.487 e. The van der Waals surface area contributed by atoms with Gasteiger partial charge in [-0.1, -0.05) is 12.1 Å². The van der Waals surface area contributed by atoms with E-state index in [-0.39, 0.29) is 18.5 Å². The van der Waals surface area contributed by atoms with Crippen molar-refractivity contribution >= 4 is 12.4 Å². The van der Waals surface area contributed by atoms with Gasteiger partial charge in [-0.05, 0) is 29.5 Å². The molecule has 7 heteroatoms. The van der Waals surface area contributed by atoms with Crippen LogP contribution in [0.2, 0.25) is 0 Å². The summed E-state index contributed by atoms with van der Waals surface area (Å²) >= 11 is 0. The highest BCUT2D eigenvalue weighted by Crippen LogP contribution is 2.18. The molecule has 1 aromatic carbocycles. The van der Waals surface area contributed by atoms with Gasteiger partial charge in [-0.15, -0.1) is 17.5 Å². The maximum atomic E-state index is 8.92. The number of tetrazole rings is 1. The standard InChI is InChI=1S/C11H11N5O.ClH/c1-9(7-16-8-13-14-15-16)17-11-5-3-2-4-10(11)6-12;/h2-5,8-9H,7H2,1H3;1H/t9-;/m0./s1. The molecule has 0 unspecified atom stereocenters. The van der Waals surface area contributed by atoms with Crippen LogP contribution in [0.1, 0.15) is 12.5 Å². The van der Waals surface area contributed by atoms with Crippen molar-refractivity contribution in [2.45, 2.75) is 19.6 Å². The van der Waals surface area contributed by atoms with Crippen molar-refractivity contribution < 1.29 is 4.74 Å². The van der Waals surface area contributed by atoms with E-state index >= 15 is 0 Å². The molecule has 1 aromatic heterocycles. The lowest BCUT2D eigenvalue weighted by atomic mass is 10.2. The first kappa shape index (κ1) is 13.9. The van der Waals surface area contributed by atoms with Crippen LogP contribution in [0.15, 0.2) is 30.6 Å². The molecule has 0 saturated carbocycles. The van der Waals surface area contributed by atoms with Gasteiger partial charge in [0.05, 0.1) is 12.1 Å². The van der Waals surface area contributed by atoms with Crippen molar-refractivity contribution in [2.75, 3.05) is 0 Å². The predicted molar refractivity (Wildman–Crippen MR) is 66.3 cm³/mol. The van der Waals surface area contributed by atoms with Gasteiger partial charge in [0.1, 0.15) is 24.3 Å². The Morgan fingerprint density at radius 3 is 2.89 bits per heavy atom. The van der Waals surface area contributed by atoms with E-state index in [0.29, 0.717) is 17.9 Å². The summed E-state index contributed by atoms with van der Waals surface area (Å²) in [6.45, 7) is 2.43. The molecular formula is C11H12ClN5O. The fraction of sp³-hybridized carbons (Fsp3) is 0.273. The third-order valence-electron chi connectivity index (χ3n) is 2.17. The second kappa shape index (κ2) is 6.57. The van der Waals surface area contributed by atoms with E-state index in [0.717, 1.165) is 0 Å². The van der Waals surface area contributed by atoms with Crippen LogP contribution in [0.4, 0.5) is 0 Å². The van der Waals surface area contributed by atoms with Crippen molar-refractivity contribution in [1.29, 1.82) is 5.26 Å².